The predicted molar refractivity (Wildman–Crippen MR) is 117 cm³/mol. The second kappa shape index (κ2) is 9.73. The number of amides is 1. The fourth-order valence-corrected chi connectivity index (χ4v) is 4.82. The third-order valence-electron chi connectivity index (χ3n) is 6.64. The van der Waals surface area contributed by atoms with Crippen molar-refractivity contribution in [2.24, 2.45) is 0 Å². The molecule has 6 nitrogen and oxygen atoms in total. The summed E-state index contributed by atoms with van der Waals surface area (Å²) in [7, 11) is 0. The summed E-state index contributed by atoms with van der Waals surface area (Å²) < 4.78 is 5.45. The zero-order chi connectivity index (χ0) is 20.9. The summed E-state index contributed by atoms with van der Waals surface area (Å²) in [5, 5.41) is 4.12. The molecule has 2 fully saturated rings. The average molecular weight is 411 g/mol. The van der Waals surface area contributed by atoms with Crippen LogP contribution in [-0.2, 0) is 11.2 Å². The van der Waals surface area contributed by atoms with Gasteiger partial charge in [-0.1, -0.05) is 24.6 Å². The van der Waals surface area contributed by atoms with E-state index in [-0.39, 0.29) is 0 Å². The first-order chi connectivity index (χ1) is 14.7. The number of hydrogen-bond acceptors (Lipinski definition) is 5. The fourth-order valence-electron chi connectivity index (χ4n) is 4.82. The smallest absolute Gasteiger partial charge is 0.223 e. The van der Waals surface area contributed by atoms with E-state index in [2.05, 4.69) is 34.0 Å². The SMILES string of the molecule is CCc1onc(C)c1-c1cccc(C2CCN(C(=O)CCN3CCCCC3)CC2)n1. The molecule has 2 aromatic heterocycles. The van der Waals surface area contributed by atoms with E-state index in [1.165, 1.54) is 19.3 Å². The van der Waals surface area contributed by atoms with Gasteiger partial charge in [0.1, 0.15) is 5.76 Å². The molecule has 0 saturated carbocycles. The summed E-state index contributed by atoms with van der Waals surface area (Å²) >= 11 is 0. The molecule has 2 aromatic rings. The standard InChI is InChI=1S/C24H34N4O2/c1-3-22-24(18(2)26-30-22)21-9-7-8-20(25-21)19-10-16-28(17-11-19)23(29)12-15-27-13-5-4-6-14-27/h7-9,19H,3-6,10-17H2,1-2H3. The van der Waals surface area contributed by atoms with Gasteiger partial charge in [-0.3, -0.25) is 9.78 Å². The van der Waals surface area contributed by atoms with Gasteiger partial charge in [0.05, 0.1) is 17.0 Å². The Morgan fingerprint density at radius 3 is 2.63 bits per heavy atom. The third kappa shape index (κ3) is 4.75. The van der Waals surface area contributed by atoms with Gasteiger partial charge in [0.25, 0.3) is 0 Å². The van der Waals surface area contributed by atoms with Gasteiger partial charge < -0.3 is 14.3 Å². The molecule has 0 radical (unpaired) electrons. The molecule has 4 heterocycles. The van der Waals surface area contributed by atoms with Crippen LogP contribution < -0.4 is 0 Å². The molecule has 0 atom stereocenters. The lowest BCUT2D eigenvalue weighted by molar-refractivity contribution is -0.132. The van der Waals surface area contributed by atoms with E-state index in [1.807, 2.05) is 13.0 Å². The van der Waals surface area contributed by atoms with Crippen LogP contribution in [0, 0.1) is 6.92 Å². The highest BCUT2D eigenvalue weighted by Crippen LogP contribution is 2.31. The van der Waals surface area contributed by atoms with Gasteiger partial charge in [0, 0.05) is 44.1 Å². The molecule has 0 N–H and O–H groups in total. The number of likely N-dealkylation sites (tertiary alicyclic amines) is 2. The predicted octanol–water partition coefficient (Wildman–Crippen LogP) is 4.19. The molecule has 2 saturated heterocycles. The number of piperidine rings is 2. The number of pyridine rings is 1. The van der Waals surface area contributed by atoms with Crippen LogP contribution in [0.25, 0.3) is 11.3 Å². The fraction of sp³-hybridized carbons (Fsp3) is 0.625. The molecule has 30 heavy (non-hydrogen) atoms. The molecule has 162 valence electrons. The Hall–Kier alpha value is -2.21. The molecule has 0 bridgehead atoms. The summed E-state index contributed by atoms with van der Waals surface area (Å²) in [6, 6.07) is 6.25. The normalized spacial score (nSPS) is 18.7. The lowest BCUT2D eigenvalue weighted by Crippen LogP contribution is -2.40. The van der Waals surface area contributed by atoms with Crippen molar-refractivity contribution in [3.05, 3.63) is 35.3 Å². The first-order valence-corrected chi connectivity index (χ1v) is 11.6. The molecule has 2 aliphatic rings. The minimum Gasteiger partial charge on any atom is -0.360 e. The number of nitrogens with zero attached hydrogens (tertiary/aromatic N) is 4. The molecule has 1 amide bonds. The van der Waals surface area contributed by atoms with Gasteiger partial charge in [-0.2, -0.15) is 0 Å². The van der Waals surface area contributed by atoms with Crippen molar-refractivity contribution in [3.63, 3.8) is 0 Å². The molecule has 6 heteroatoms. The Labute approximate surface area is 179 Å². The molecule has 0 unspecified atom stereocenters. The van der Waals surface area contributed by atoms with E-state index in [0.717, 1.165) is 80.4 Å². The Morgan fingerprint density at radius 1 is 1.13 bits per heavy atom. The van der Waals surface area contributed by atoms with Crippen LogP contribution in [0.1, 0.15) is 68.5 Å². The highest BCUT2D eigenvalue weighted by Gasteiger charge is 2.25. The number of carbonyl (C=O) groups is 1. The average Bonchev–Trinajstić information content (AvgIpc) is 3.19. The lowest BCUT2D eigenvalue weighted by Gasteiger charge is -2.33. The van der Waals surface area contributed by atoms with Gasteiger partial charge in [-0.25, -0.2) is 0 Å². The van der Waals surface area contributed by atoms with Crippen LogP contribution in [0.4, 0.5) is 0 Å². The maximum absolute atomic E-state index is 12.7. The Morgan fingerprint density at radius 2 is 1.90 bits per heavy atom. The van der Waals surface area contributed by atoms with Crippen LogP contribution in [0.2, 0.25) is 0 Å². The second-order valence-electron chi connectivity index (χ2n) is 8.67. The van der Waals surface area contributed by atoms with E-state index in [9.17, 15) is 4.79 Å². The summed E-state index contributed by atoms with van der Waals surface area (Å²) in [6.45, 7) is 8.95. The summed E-state index contributed by atoms with van der Waals surface area (Å²) in [6.07, 6.45) is 7.32. The summed E-state index contributed by atoms with van der Waals surface area (Å²) in [4.78, 5) is 22.1. The summed E-state index contributed by atoms with van der Waals surface area (Å²) in [5.41, 5.74) is 3.99. The van der Waals surface area contributed by atoms with Gasteiger partial charge in [0.15, 0.2) is 0 Å². The van der Waals surface area contributed by atoms with Gasteiger partial charge in [0.2, 0.25) is 5.91 Å². The zero-order valence-electron chi connectivity index (χ0n) is 18.4. The zero-order valence-corrected chi connectivity index (χ0v) is 18.4. The Kier molecular flexibility index (Phi) is 6.82. The molecule has 4 rings (SSSR count). The highest BCUT2D eigenvalue weighted by molar-refractivity contribution is 5.76. The molecule has 0 spiro atoms. The molecular formula is C24H34N4O2. The van der Waals surface area contributed by atoms with Crippen molar-refractivity contribution in [2.75, 3.05) is 32.7 Å². The quantitative estimate of drug-likeness (QED) is 0.715. The van der Waals surface area contributed by atoms with Gasteiger partial charge in [-0.15, -0.1) is 0 Å². The lowest BCUT2D eigenvalue weighted by atomic mass is 9.92. The third-order valence-corrected chi connectivity index (χ3v) is 6.64. The monoisotopic (exact) mass is 410 g/mol. The highest BCUT2D eigenvalue weighted by atomic mass is 16.5. The molecular weight excluding hydrogens is 376 g/mol. The van der Waals surface area contributed by atoms with Crippen molar-refractivity contribution < 1.29 is 9.32 Å². The molecule has 0 aliphatic carbocycles. The number of aromatic nitrogens is 2. The number of aryl methyl sites for hydroxylation is 2. The minimum absolute atomic E-state index is 0.313. The van der Waals surface area contributed by atoms with Crippen LogP contribution in [-0.4, -0.2) is 58.6 Å². The van der Waals surface area contributed by atoms with Crippen molar-refractivity contribution >= 4 is 5.91 Å². The second-order valence-corrected chi connectivity index (χ2v) is 8.67. The number of rotatable bonds is 6. The minimum atomic E-state index is 0.313. The van der Waals surface area contributed by atoms with Gasteiger partial charge in [-0.05, 0) is 57.8 Å². The van der Waals surface area contributed by atoms with Crippen molar-refractivity contribution in [2.45, 2.75) is 64.7 Å². The topological polar surface area (TPSA) is 62.5 Å². The molecule has 2 aliphatic heterocycles. The summed E-state index contributed by atoms with van der Waals surface area (Å²) in [5.74, 6) is 1.61. The number of hydrogen-bond donors (Lipinski definition) is 0. The van der Waals surface area contributed by atoms with Crippen molar-refractivity contribution in [1.29, 1.82) is 0 Å². The first-order valence-electron chi connectivity index (χ1n) is 11.6. The number of carbonyl (C=O) groups excluding carboxylic acids is 1. The van der Waals surface area contributed by atoms with E-state index >= 15 is 0 Å². The van der Waals surface area contributed by atoms with E-state index < -0.39 is 0 Å². The van der Waals surface area contributed by atoms with Gasteiger partial charge >= 0.3 is 0 Å². The van der Waals surface area contributed by atoms with Crippen molar-refractivity contribution in [3.8, 4) is 11.3 Å². The largest absolute Gasteiger partial charge is 0.360 e. The van der Waals surface area contributed by atoms with E-state index in [0.29, 0.717) is 18.2 Å². The van der Waals surface area contributed by atoms with Crippen LogP contribution >= 0.6 is 0 Å². The maximum atomic E-state index is 12.7. The van der Waals surface area contributed by atoms with Crippen molar-refractivity contribution in [1.82, 2.24) is 19.9 Å². The van der Waals surface area contributed by atoms with Crippen LogP contribution in [0.3, 0.4) is 0 Å². The maximum Gasteiger partial charge on any atom is 0.223 e. The Balaban J connectivity index is 1.34. The van der Waals surface area contributed by atoms with Crippen LogP contribution in [0.5, 0.6) is 0 Å². The van der Waals surface area contributed by atoms with Crippen LogP contribution in [0.15, 0.2) is 22.7 Å². The first kappa shape index (κ1) is 21.0. The van der Waals surface area contributed by atoms with E-state index in [4.69, 9.17) is 9.51 Å². The van der Waals surface area contributed by atoms with E-state index in [1.54, 1.807) is 0 Å². The molecule has 0 aromatic carbocycles. The Bertz CT molecular complexity index is 849.